The van der Waals surface area contributed by atoms with Gasteiger partial charge >= 0.3 is 0 Å². The highest BCUT2D eigenvalue weighted by Crippen LogP contribution is 2.55. The summed E-state index contributed by atoms with van der Waals surface area (Å²) < 4.78 is 0. The number of hydrogen-bond acceptors (Lipinski definition) is 3. The molecule has 5 rings (SSSR count). The molecule has 0 saturated carbocycles. The standard InChI is InChI=1S/C24H14Cl3NO3/c25-15-4-1-3-13(9-15)21-22(30)23(31)28(18-6-2-5-16(26)12-18)24(21)19-8-7-17(27)10-14(19)11-20(24)29/h1-10,12,30H,11H2. The van der Waals surface area contributed by atoms with Gasteiger partial charge in [-0.05, 0) is 59.2 Å². The molecule has 1 amide bonds. The van der Waals surface area contributed by atoms with Gasteiger partial charge in [-0.15, -0.1) is 0 Å². The van der Waals surface area contributed by atoms with Crippen LogP contribution in [0.2, 0.25) is 15.1 Å². The van der Waals surface area contributed by atoms with Crippen LogP contribution in [0.15, 0.2) is 72.5 Å². The number of anilines is 1. The number of Topliss-reactive ketones (excluding diaryl/α,β-unsaturated/α-hetero) is 1. The van der Waals surface area contributed by atoms with E-state index in [9.17, 15) is 14.7 Å². The van der Waals surface area contributed by atoms with Crippen LogP contribution in [-0.2, 0) is 21.5 Å². The molecule has 2 aliphatic rings. The van der Waals surface area contributed by atoms with Crippen molar-refractivity contribution in [3.63, 3.8) is 0 Å². The number of aliphatic hydroxyl groups is 1. The number of aliphatic hydroxyl groups excluding tert-OH is 1. The summed E-state index contributed by atoms with van der Waals surface area (Å²) in [5.41, 5.74) is 0.819. The third-order valence-corrected chi connectivity index (χ3v) is 6.44. The van der Waals surface area contributed by atoms with Crippen LogP contribution in [0.5, 0.6) is 0 Å². The number of ketones is 1. The van der Waals surface area contributed by atoms with Crippen LogP contribution in [0, 0.1) is 0 Å². The maximum Gasteiger partial charge on any atom is 0.294 e. The smallest absolute Gasteiger partial charge is 0.294 e. The van der Waals surface area contributed by atoms with E-state index in [0.29, 0.717) is 37.4 Å². The fraction of sp³-hybridized carbons (Fsp3) is 0.0833. The lowest BCUT2D eigenvalue weighted by molar-refractivity contribution is -0.124. The molecule has 1 N–H and O–H groups in total. The Hall–Kier alpha value is -2.79. The molecule has 7 heteroatoms. The van der Waals surface area contributed by atoms with E-state index in [1.807, 2.05) is 0 Å². The number of carbonyl (C=O) groups excluding carboxylic acids is 2. The minimum Gasteiger partial charge on any atom is -0.503 e. The van der Waals surface area contributed by atoms with E-state index in [0.717, 1.165) is 0 Å². The Balaban J connectivity index is 1.88. The Labute approximate surface area is 193 Å². The van der Waals surface area contributed by atoms with Crippen molar-refractivity contribution in [3.05, 3.63) is 104 Å². The van der Waals surface area contributed by atoms with Crippen LogP contribution < -0.4 is 4.90 Å². The van der Waals surface area contributed by atoms with Crippen molar-refractivity contribution in [1.82, 2.24) is 0 Å². The number of amides is 1. The molecule has 1 aliphatic carbocycles. The average molecular weight is 471 g/mol. The van der Waals surface area contributed by atoms with E-state index in [2.05, 4.69) is 0 Å². The van der Waals surface area contributed by atoms with Gasteiger partial charge in [0.05, 0.1) is 0 Å². The lowest BCUT2D eigenvalue weighted by atomic mass is 9.79. The summed E-state index contributed by atoms with van der Waals surface area (Å²) in [6.07, 6.45) is 0.0670. The molecule has 3 aromatic carbocycles. The molecule has 1 aliphatic heterocycles. The van der Waals surface area contributed by atoms with Crippen LogP contribution in [0.4, 0.5) is 5.69 Å². The van der Waals surface area contributed by atoms with Gasteiger partial charge in [0.1, 0.15) is 0 Å². The number of rotatable bonds is 2. The Morgan fingerprint density at radius 2 is 1.52 bits per heavy atom. The van der Waals surface area contributed by atoms with E-state index in [-0.39, 0.29) is 17.8 Å². The first-order chi connectivity index (χ1) is 14.8. The van der Waals surface area contributed by atoms with Crippen LogP contribution in [0.3, 0.4) is 0 Å². The summed E-state index contributed by atoms with van der Waals surface area (Å²) >= 11 is 18.6. The van der Waals surface area contributed by atoms with Gasteiger partial charge < -0.3 is 5.11 Å². The summed E-state index contributed by atoms with van der Waals surface area (Å²) in [5.74, 6) is -1.44. The molecule has 0 saturated heterocycles. The molecule has 0 bridgehead atoms. The first-order valence-corrected chi connectivity index (χ1v) is 10.6. The molecule has 31 heavy (non-hydrogen) atoms. The van der Waals surface area contributed by atoms with E-state index in [1.165, 1.54) is 4.90 Å². The van der Waals surface area contributed by atoms with Crippen molar-refractivity contribution in [1.29, 1.82) is 0 Å². The molecule has 154 valence electrons. The number of fused-ring (bicyclic) bond motifs is 2. The summed E-state index contributed by atoms with van der Waals surface area (Å²) in [5, 5.41) is 12.4. The predicted octanol–water partition coefficient (Wildman–Crippen LogP) is 5.98. The third-order valence-electron chi connectivity index (χ3n) is 5.73. The molecule has 0 fully saturated rings. The van der Waals surface area contributed by atoms with Crippen molar-refractivity contribution in [3.8, 4) is 0 Å². The maximum atomic E-state index is 13.7. The summed E-state index contributed by atoms with van der Waals surface area (Å²) in [6.45, 7) is 0. The Kier molecular flexibility index (Phi) is 4.63. The average Bonchev–Trinajstić information content (AvgIpc) is 3.12. The molecule has 0 aromatic heterocycles. The first kappa shape index (κ1) is 20.1. The highest BCUT2D eigenvalue weighted by molar-refractivity contribution is 6.33. The number of halogens is 3. The maximum absolute atomic E-state index is 13.7. The van der Waals surface area contributed by atoms with Crippen molar-refractivity contribution in [2.45, 2.75) is 12.0 Å². The molecule has 1 spiro atoms. The zero-order valence-corrected chi connectivity index (χ0v) is 18.2. The monoisotopic (exact) mass is 469 g/mol. The van der Waals surface area contributed by atoms with Crippen LogP contribution in [0.25, 0.3) is 5.57 Å². The van der Waals surface area contributed by atoms with Gasteiger partial charge in [-0.25, -0.2) is 0 Å². The van der Waals surface area contributed by atoms with Crippen LogP contribution >= 0.6 is 34.8 Å². The van der Waals surface area contributed by atoms with Crippen LogP contribution in [-0.4, -0.2) is 16.8 Å². The summed E-state index contributed by atoms with van der Waals surface area (Å²) in [6, 6.07) is 18.5. The van der Waals surface area contributed by atoms with Gasteiger partial charge in [0.25, 0.3) is 5.91 Å². The van der Waals surface area contributed by atoms with Gasteiger partial charge in [-0.1, -0.05) is 59.1 Å². The predicted molar refractivity (Wildman–Crippen MR) is 122 cm³/mol. The minimum absolute atomic E-state index is 0.0670. The third kappa shape index (κ3) is 2.83. The number of benzene rings is 3. The second kappa shape index (κ2) is 7.13. The van der Waals surface area contributed by atoms with Crippen molar-refractivity contribution in [2.24, 2.45) is 0 Å². The van der Waals surface area contributed by atoms with E-state index < -0.39 is 17.2 Å². The van der Waals surface area contributed by atoms with Crippen molar-refractivity contribution >= 4 is 57.8 Å². The highest BCUT2D eigenvalue weighted by Gasteiger charge is 2.62. The van der Waals surface area contributed by atoms with E-state index >= 15 is 0 Å². The molecular weight excluding hydrogens is 457 g/mol. The van der Waals surface area contributed by atoms with Gasteiger partial charge in [-0.2, -0.15) is 0 Å². The SMILES string of the molecule is O=C1C(O)=C(c2cccc(Cl)c2)C2(C(=O)Cc3cc(Cl)ccc32)N1c1cccc(Cl)c1. The first-order valence-electron chi connectivity index (χ1n) is 9.46. The molecule has 1 heterocycles. The Bertz CT molecular complexity index is 1320. The summed E-state index contributed by atoms with van der Waals surface area (Å²) in [4.78, 5) is 28.5. The highest BCUT2D eigenvalue weighted by atomic mass is 35.5. The number of hydrogen-bond donors (Lipinski definition) is 1. The zero-order valence-electron chi connectivity index (χ0n) is 15.9. The normalized spacial score (nSPS) is 20.2. The van der Waals surface area contributed by atoms with Crippen molar-refractivity contribution < 1.29 is 14.7 Å². The molecule has 1 unspecified atom stereocenters. The Morgan fingerprint density at radius 1 is 0.839 bits per heavy atom. The van der Waals surface area contributed by atoms with Crippen LogP contribution in [0.1, 0.15) is 16.7 Å². The lowest BCUT2D eigenvalue weighted by Gasteiger charge is -2.37. The largest absolute Gasteiger partial charge is 0.503 e. The zero-order chi connectivity index (χ0) is 21.9. The fourth-order valence-electron chi connectivity index (χ4n) is 4.60. The number of carbonyl (C=O) groups is 2. The summed E-state index contributed by atoms with van der Waals surface area (Å²) in [7, 11) is 0. The molecule has 4 nitrogen and oxygen atoms in total. The quantitative estimate of drug-likeness (QED) is 0.501. The lowest BCUT2D eigenvalue weighted by Crippen LogP contribution is -2.49. The molecule has 0 radical (unpaired) electrons. The molecule has 1 atom stereocenters. The van der Waals surface area contributed by atoms with Crippen molar-refractivity contribution in [2.75, 3.05) is 4.90 Å². The topological polar surface area (TPSA) is 57.6 Å². The minimum atomic E-state index is -1.56. The second-order valence-corrected chi connectivity index (χ2v) is 8.78. The Morgan fingerprint density at radius 3 is 2.23 bits per heavy atom. The molecule has 3 aromatic rings. The molecular formula is C24H14Cl3NO3. The fourth-order valence-corrected chi connectivity index (χ4v) is 5.17. The van der Waals surface area contributed by atoms with Gasteiger partial charge in [-0.3, -0.25) is 14.5 Å². The van der Waals surface area contributed by atoms with E-state index in [1.54, 1.807) is 66.7 Å². The second-order valence-electron chi connectivity index (χ2n) is 7.47. The van der Waals surface area contributed by atoms with Gasteiger partial charge in [0.2, 0.25) is 0 Å². The number of nitrogens with zero attached hydrogens (tertiary/aromatic N) is 1. The van der Waals surface area contributed by atoms with E-state index in [4.69, 9.17) is 34.8 Å². The van der Waals surface area contributed by atoms with Gasteiger partial charge in [0, 0.05) is 32.7 Å². The van der Waals surface area contributed by atoms with Gasteiger partial charge in [0.15, 0.2) is 17.1 Å².